The largest absolute Gasteiger partial charge is 0.324 e. The second-order valence-corrected chi connectivity index (χ2v) is 7.39. The van der Waals surface area contributed by atoms with E-state index in [0.29, 0.717) is 21.7 Å². The minimum Gasteiger partial charge on any atom is -0.324 e. The first-order chi connectivity index (χ1) is 12.3. The van der Waals surface area contributed by atoms with Crippen LogP contribution in [-0.4, -0.2) is 28.3 Å². The lowest BCUT2D eigenvalue weighted by Gasteiger charge is -2.26. The zero-order valence-corrected chi connectivity index (χ0v) is 16.8. The third-order valence-electron chi connectivity index (χ3n) is 3.79. The van der Waals surface area contributed by atoms with Gasteiger partial charge < -0.3 is 5.32 Å². The number of amides is 1. The molecule has 0 atom stereocenters. The highest BCUT2D eigenvalue weighted by Gasteiger charge is 2.17. The van der Waals surface area contributed by atoms with Crippen LogP contribution in [0.4, 0.5) is 11.4 Å². The number of non-ortho nitro benzene ring substituents is 1. The Hall–Kier alpha value is -1.96. The fourth-order valence-corrected chi connectivity index (χ4v) is 3.06. The van der Waals surface area contributed by atoms with Gasteiger partial charge in [0.05, 0.1) is 17.2 Å². The fourth-order valence-electron chi connectivity index (χ4n) is 2.38. The van der Waals surface area contributed by atoms with Crippen LogP contribution >= 0.6 is 27.5 Å². The van der Waals surface area contributed by atoms with Crippen LogP contribution in [0.2, 0.25) is 5.02 Å². The first-order valence-electron chi connectivity index (χ1n) is 7.98. The van der Waals surface area contributed by atoms with Gasteiger partial charge in [0.15, 0.2) is 0 Å². The molecule has 0 radical (unpaired) electrons. The SMILES string of the molecule is CC(C)N(CC(=O)Nc1ccc([N+](=O)[O-])cc1Br)Cc1cccc(Cl)c1. The molecule has 1 N–H and O–H groups in total. The number of carbonyl (C=O) groups is 1. The molecule has 0 aliphatic heterocycles. The number of hydrogen-bond donors (Lipinski definition) is 1. The van der Waals surface area contributed by atoms with Gasteiger partial charge in [-0.15, -0.1) is 0 Å². The van der Waals surface area contributed by atoms with E-state index in [4.69, 9.17) is 11.6 Å². The highest BCUT2D eigenvalue weighted by molar-refractivity contribution is 9.10. The Morgan fingerprint density at radius 3 is 2.62 bits per heavy atom. The number of nitrogens with one attached hydrogen (secondary N) is 1. The Balaban J connectivity index is 2.05. The number of benzene rings is 2. The van der Waals surface area contributed by atoms with Crippen molar-refractivity contribution in [3.63, 3.8) is 0 Å². The first-order valence-corrected chi connectivity index (χ1v) is 9.15. The van der Waals surface area contributed by atoms with Crippen molar-refractivity contribution in [2.45, 2.75) is 26.4 Å². The van der Waals surface area contributed by atoms with E-state index in [-0.39, 0.29) is 24.2 Å². The predicted octanol–water partition coefficient (Wildman–Crippen LogP) is 4.86. The Morgan fingerprint density at radius 2 is 2.04 bits per heavy atom. The molecule has 0 unspecified atom stereocenters. The molecule has 0 aliphatic rings. The molecule has 0 heterocycles. The zero-order chi connectivity index (χ0) is 19.3. The molecular formula is C18H19BrClN3O3. The Bertz CT molecular complexity index is 814. The Morgan fingerprint density at radius 1 is 1.31 bits per heavy atom. The van der Waals surface area contributed by atoms with E-state index in [1.165, 1.54) is 18.2 Å². The third kappa shape index (κ3) is 5.79. The van der Waals surface area contributed by atoms with Gasteiger partial charge in [-0.05, 0) is 53.5 Å². The van der Waals surface area contributed by atoms with E-state index in [0.717, 1.165) is 5.56 Å². The summed E-state index contributed by atoms with van der Waals surface area (Å²) in [4.78, 5) is 24.7. The van der Waals surface area contributed by atoms with Crippen molar-refractivity contribution in [1.82, 2.24) is 4.90 Å². The van der Waals surface area contributed by atoms with Gasteiger partial charge in [-0.3, -0.25) is 19.8 Å². The van der Waals surface area contributed by atoms with Crippen molar-refractivity contribution < 1.29 is 9.72 Å². The van der Waals surface area contributed by atoms with Crippen LogP contribution in [0.5, 0.6) is 0 Å². The summed E-state index contributed by atoms with van der Waals surface area (Å²) in [7, 11) is 0. The molecule has 0 aliphatic carbocycles. The zero-order valence-electron chi connectivity index (χ0n) is 14.4. The van der Waals surface area contributed by atoms with Gasteiger partial charge in [0.1, 0.15) is 0 Å². The monoisotopic (exact) mass is 439 g/mol. The van der Waals surface area contributed by atoms with Gasteiger partial charge >= 0.3 is 0 Å². The molecule has 138 valence electrons. The Labute approximate surface area is 165 Å². The van der Waals surface area contributed by atoms with E-state index in [1.54, 1.807) is 0 Å². The molecule has 1 amide bonds. The normalized spacial score (nSPS) is 11.0. The molecule has 2 aromatic carbocycles. The summed E-state index contributed by atoms with van der Waals surface area (Å²) in [5.74, 6) is -0.199. The number of halogens is 2. The molecule has 2 rings (SSSR count). The predicted molar refractivity (Wildman–Crippen MR) is 106 cm³/mol. The minimum atomic E-state index is -0.484. The van der Waals surface area contributed by atoms with E-state index < -0.39 is 4.92 Å². The number of nitrogens with zero attached hydrogens (tertiary/aromatic N) is 2. The van der Waals surface area contributed by atoms with Crippen LogP contribution in [-0.2, 0) is 11.3 Å². The summed E-state index contributed by atoms with van der Waals surface area (Å²) >= 11 is 9.28. The molecule has 26 heavy (non-hydrogen) atoms. The van der Waals surface area contributed by atoms with Crippen molar-refractivity contribution in [3.05, 3.63) is 67.6 Å². The number of carbonyl (C=O) groups excluding carboxylic acids is 1. The second kappa shape index (κ2) is 9.12. The third-order valence-corrected chi connectivity index (χ3v) is 4.68. The Kier molecular flexibility index (Phi) is 7.14. The van der Waals surface area contributed by atoms with Gasteiger partial charge in [-0.2, -0.15) is 0 Å². The number of nitro benzene ring substituents is 1. The van der Waals surface area contributed by atoms with Gasteiger partial charge in [0.2, 0.25) is 5.91 Å². The number of hydrogen-bond acceptors (Lipinski definition) is 4. The lowest BCUT2D eigenvalue weighted by Crippen LogP contribution is -2.37. The maximum atomic E-state index is 12.4. The van der Waals surface area contributed by atoms with Crippen LogP contribution < -0.4 is 5.32 Å². The molecule has 0 fully saturated rings. The lowest BCUT2D eigenvalue weighted by molar-refractivity contribution is -0.384. The van der Waals surface area contributed by atoms with Crippen molar-refractivity contribution in [2.75, 3.05) is 11.9 Å². The van der Waals surface area contributed by atoms with E-state index in [2.05, 4.69) is 21.2 Å². The smallest absolute Gasteiger partial charge is 0.270 e. The highest BCUT2D eigenvalue weighted by Crippen LogP contribution is 2.27. The van der Waals surface area contributed by atoms with Crippen LogP contribution in [0.3, 0.4) is 0 Å². The molecule has 8 heteroatoms. The molecular weight excluding hydrogens is 422 g/mol. The average molecular weight is 441 g/mol. The second-order valence-electron chi connectivity index (χ2n) is 6.10. The molecule has 0 saturated carbocycles. The lowest BCUT2D eigenvalue weighted by atomic mass is 10.2. The molecule has 0 saturated heterocycles. The maximum absolute atomic E-state index is 12.4. The standard InChI is InChI=1S/C18H19BrClN3O3/c1-12(2)22(10-13-4-3-5-14(20)8-13)11-18(24)21-17-7-6-15(23(25)26)9-16(17)19/h3-9,12H,10-11H2,1-2H3,(H,21,24). The maximum Gasteiger partial charge on any atom is 0.270 e. The first kappa shape index (κ1) is 20.4. The van der Waals surface area contributed by atoms with Crippen LogP contribution in [0, 0.1) is 10.1 Å². The van der Waals surface area contributed by atoms with Crippen molar-refractivity contribution in [1.29, 1.82) is 0 Å². The van der Waals surface area contributed by atoms with E-state index in [1.807, 2.05) is 43.0 Å². The van der Waals surface area contributed by atoms with E-state index >= 15 is 0 Å². The van der Waals surface area contributed by atoms with Crippen LogP contribution in [0.1, 0.15) is 19.4 Å². The van der Waals surface area contributed by atoms with Crippen molar-refractivity contribution in [3.8, 4) is 0 Å². The van der Waals surface area contributed by atoms with E-state index in [9.17, 15) is 14.9 Å². The number of rotatable bonds is 7. The topological polar surface area (TPSA) is 75.5 Å². The summed E-state index contributed by atoms with van der Waals surface area (Å²) in [6, 6.07) is 11.9. The fraction of sp³-hybridized carbons (Fsp3) is 0.278. The van der Waals surface area contributed by atoms with Gasteiger partial charge in [0.25, 0.3) is 5.69 Å². The molecule has 0 bridgehead atoms. The van der Waals surface area contributed by atoms with Gasteiger partial charge in [-0.25, -0.2) is 0 Å². The molecule has 0 aromatic heterocycles. The minimum absolute atomic E-state index is 0.0420. The van der Waals surface area contributed by atoms with Crippen LogP contribution in [0.25, 0.3) is 0 Å². The summed E-state index contributed by atoms with van der Waals surface area (Å²) in [5.41, 5.74) is 1.47. The van der Waals surface area contributed by atoms with Crippen molar-refractivity contribution in [2.24, 2.45) is 0 Å². The van der Waals surface area contributed by atoms with Gasteiger partial charge in [-0.1, -0.05) is 23.7 Å². The summed E-state index contributed by atoms with van der Waals surface area (Å²) in [6.45, 7) is 4.81. The molecule has 2 aromatic rings. The quantitative estimate of drug-likeness (QED) is 0.493. The highest BCUT2D eigenvalue weighted by atomic mass is 79.9. The van der Waals surface area contributed by atoms with Crippen LogP contribution in [0.15, 0.2) is 46.9 Å². The van der Waals surface area contributed by atoms with Crippen molar-refractivity contribution >= 4 is 44.8 Å². The van der Waals surface area contributed by atoms with Gasteiger partial charge in [0, 0.05) is 34.2 Å². The summed E-state index contributed by atoms with van der Waals surface area (Å²) in [5, 5.41) is 14.2. The average Bonchev–Trinajstić information content (AvgIpc) is 2.56. The summed E-state index contributed by atoms with van der Waals surface area (Å²) < 4.78 is 0.464. The molecule has 6 nitrogen and oxygen atoms in total. The summed E-state index contributed by atoms with van der Waals surface area (Å²) in [6.07, 6.45) is 0. The number of anilines is 1. The number of nitro groups is 1. The molecule has 0 spiro atoms.